The normalized spacial score (nSPS) is 14.1. The largest absolute Gasteiger partial charge is 0.544 e. The Balaban J connectivity index is 4.59. The molecule has 0 saturated heterocycles. The van der Waals surface area contributed by atoms with Crippen LogP contribution in [0.2, 0.25) is 0 Å². The van der Waals surface area contributed by atoms with Crippen molar-refractivity contribution in [2.24, 2.45) is 0 Å². The number of carbonyl (C=O) groups is 3. The van der Waals surface area contributed by atoms with E-state index < -0.39 is 30.1 Å². The Kier molecular flexibility index (Phi) is 27.7. The van der Waals surface area contributed by atoms with Crippen LogP contribution in [0.15, 0.2) is 85.1 Å². The first-order valence-electron chi connectivity index (χ1n) is 17.1. The number of carboxylic acids is 1. The minimum atomic E-state index is -1.15. The van der Waals surface area contributed by atoms with Crippen LogP contribution in [0.5, 0.6) is 0 Å². The number of allylic oxidation sites excluding steroid dienone is 14. The fourth-order valence-electron chi connectivity index (χ4n) is 4.18. The van der Waals surface area contributed by atoms with Crippen molar-refractivity contribution in [2.45, 2.75) is 103 Å². The van der Waals surface area contributed by atoms with Gasteiger partial charge in [0.2, 0.25) is 0 Å². The SMILES string of the molecule is CC/C=C/C/C=C/C/C=C/C/C=C/C/C=C/CCC(=O)OCC(COCCC(C(=O)[O-])[N+](C)(C)C)OC(=O)CC/C=C/C/C=C/CC. The molecule has 8 nitrogen and oxygen atoms in total. The zero-order valence-corrected chi connectivity index (χ0v) is 29.6. The third-order valence-electron chi connectivity index (χ3n) is 6.80. The van der Waals surface area contributed by atoms with E-state index >= 15 is 0 Å². The molecule has 0 N–H and O–H groups in total. The van der Waals surface area contributed by atoms with E-state index in [1.54, 1.807) is 21.1 Å². The van der Waals surface area contributed by atoms with Gasteiger partial charge >= 0.3 is 11.9 Å². The summed E-state index contributed by atoms with van der Waals surface area (Å²) >= 11 is 0. The summed E-state index contributed by atoms with van der Waals surface area (Å²) in [6.45, 7) is 4.20. The Bertz CT molecular complexity index is 1040. The third-order valence-corrected chi connectivity index (χ3v) is 6.80. The van der Waals surface area contributed by atoms with Crippen LogP contribution in [0.1, 0.15) is 90.9 Å². The number of carboxylic acid groups (broad SMARTS) is 1. The summed E-state index contributed by atoms with van der Waals surface area (Å²) in [5.41, 5.74) is 0. The first-order valence-corrected chi connectivity index (χ1v) is 17.1. The quantitative estimate of drug-likeness (QED) is 0.0391. The standard InChI is InChI=1S/C39H61NO7/c1-6-8-10-12-14-15-16-17-18-19-20-21-22-24-25-27-29-37(41)46-34-35(33-45-32-31-36(39(43)44)40(3,4)5)47-38(42)30-28-26-23-13-11-9-7-2/h8-11,14-15,17-18,20-21,23-26,35-36H,6-7,12-13,16,19,22,27-34H2,1-5H3/b10-8+,11-9+,15-14+,18-17+,21-20+,25-24+,26-23+. The zero-order valence-electron chi connectivity index (χ0n) is 29.6. The van der Waals surface area contributed by atoms with Gasteiger partial charge in [-0.15, -0.1) is 0 Å². The summed E-state index contributed by atoms with van der Waals surface area (Å²) in [7, 11) is 5.33. The molecule has 8 heteroatoms. The van der Waals surface area contributed by atoms with Crippen LogP contribution < -0.4 is 5.11 Å². The summed E-state index contributed by atoms with van der Waals surface area (Å²) in [6, 6.07) is -0.747. The second kappa shape index (κ2) is 29.9. The molecule has 2 atom stereocenters. The van der Waals surface area contributed by atoms with E-state index in [0.29, 0.717) is 12.8 Å². The number of hydrogen-bond donors (Lipinski definition) is 0. The summed E-state index contributed by atoms with van der Waals surface area (Å²) in [5, 5.41) is 11.5. The average molecular weight is 656 g/mol. The minimum absolute atomic E-state index is 0.0116. The van der Waals surface area contributed by atoms with Gasteiger partial charge in [-0.1, -0.05) is 98.9 Å². The summed E-state index contributed by atoms with van der Waals surface area (Å²) < 4.78 is 16.8. The van der Waals surface area contributed by atoms with E-state index in [9.17, 15) is 19.5 Å². The van der Waals surface area contributed by atoms with Crippen LogP contribution in [0.3, 0.4) is 0 Å². The van der Waals surface area contributed by atoms with Crippen molar-refractivity contribution in [2.75, 3.05) is 41.0 Å². The third kappa shape index (κ3) is 28.5. The van der Waals surface area contributed by atoms with Crippen molar-refractivity contribution >= 4 is 17.9 Å². The van der Waals surface area contributed by atoms with Gasteiger partial charge in [0.25, 0.3) is 0 Å². The molecule has 47 heavy (non-hydrogen) atoms. The molecule has 0 aliphatic rings. The average Bonchev–Trinajstić information content (AvgIpc) is 3.01. The van der Waals surface area contributed by atoms with Gasteiger partial charge in [0, 0.05) is 19.3 Å². The number of aliphatic carboxylic acids is 1. The van der Waals surface area contributed by atoms with E-state index in [4.69, 9.17) is 14.2 Å². The van der Waals surface area contributed by atoms with Gasteiger partial charge in [-0.2, -0.15) is 0 Å². The van der Waals surface area contributed by atoms with Crippen molar-refractivity contribution in [3.05, 3.63) is 85.1 Å². The predicted octanol–water partition coefficient (Wildman–Crippen LogP) is 6.90. The number of likely N-dealkylation sites (N-methyl/N-ethyl adjacent to an activating group) is 1. The highest BCUT2D eigenvalue weighted by Gasteiger charge is 2.25. The highest BCUT2D eigenvalue weighted by atomic mass is 16.6. The monoisotopic (exact) mass is 655 g/mol. The number of hydrogen-bond acceptors (Lipinski definition) is 7. The molecule has 0 aliphatic carbocycles. The Morgan fingerprint density at radius 2 is 1.04 bits per heavy atom. The van der Waals surface area contributed by atoms with Crippen molar-refractivity contribution < 1.29 is 38.2 Å². The van der Waals surface area contributed by atoms with E-state index in [-0.39, 0.29) is 43.6 Å². The van der Waals surface area contributed by atoms with Gasteiger partial charge in [-0.25, -0.2) is 0 Å². The second-order valence-electron chi connectivity index (χ2n) is 12.0. The molecular formula is C39H61NO7. The maximum Gasteiger partial charge on any atom is 0.306 e. The lowest BCUT2D eigenvalue weighted by Gasteiger charge is -2.34. The highest BCUT2D eigenvalue weighted by molar-refractivity contribution is 5.70. The fraction of sp³-hybridized carbons (Fsp3) is 0.564. The Labute approximate surface area is 284 Å². The van der Waals surface area contributed by atoms with E-state index in [2.05, 4.69) is 74.6 Å². The number of ether oxygens (including phenoxy) is 3. The lowest BCUT2D eigenvalue weighted by atomic mass is 10.1. The number of carbonyl (C=O) groups excluding carboxylic acids is 3. The first-order chi connectivity index (χ1) is 22.6. The summed E-state index contributed by atoms with van der Waals surface area (Å²) in [5.74, 6) is -1.96. The van der Waals surface area contributed by atoms with Gasteiger partial charge in [0.05, 0.1) is 40.3 Å². The van der Waals surface area contributed by atoms with E-state index in [1.807, 2.05) is 24.3 Å². The van der Waals surface area contributed by atoms with E-state index in [1.165, 1.54) is 0 Å². The number of esters is 2. The molecule has 0 fully saturated rings. The molecule has 0 aromatic carbocycles. The summed E-state index contributed by atoms with van der Waals surface area (Å²) in [4.78, 5) is 36.3. The number of quaternary nitrogens is 1. The van der Waals surface area contributed by atoms with Crippen molar-refractivity contribution in [1.82, 2.24) is 0 Å². The minimum Gasteiger partial charge on any atom is -0.544 e. The van der Waals surface area contributed by atoms with Gasteiger partial charge < -0.3 is 28.6 Å². The van der Waals surface area contributed by atoms with Crippen molar-refractivity contribution in [3.63, 3.8) is 0 Å². The molecule has 0 amide bonds. The Morgan fingerprint density at radius 3 is 1.47 bits per heavy atom. The molecule has 0 aromatic heterocycles. The lowest BCUT2D eigenvalue weighted by molar-refractivity contribution is -0.889. The molecule has 0 radical (unpaired) electrons. The molecule has 0 heterocycles. The first kappa shape index (κ1) is 43.5. The van der Waals surface area contributed by atoms with Gasteiger partial charge in [-0.3, -0.25) is 9.59 Å². The molecule has 0 rings (SSSR count). The number of nitrogens with zero attached hydrogens (tertiary/aromatic N) is 1. The Hall–Kier alpha value is -3.49. The summed E-state index contributed by atoms with van der Waals surface area (Å²) in [6.07, 6.45) is 36.7. The number of rotatable bonds is 28. The molecule has 0 saturated carbocycles. The van der Waals surface area contributed by atoms with Crippen molar-refractivity contribution in [3.8, 4) is 0 Å². The molecular weight excluding hydrogens is 594 g/mol. The van der Waals surface area contributed by atoms with Crippen LogP contribution in [0.25, 0.3) is 0 Å². The molecule has 0 bridgehead atoms. The molecule has 2 unspecified atom stereocenters. The fourth-order valence-corrected chi connectivity index (χ4v) is 4.18. The van der Waals surface area contributed by atoms with Crippen molar-refractivity contribution in [1.29, 1.82) is 0 Å². The maximum atomic E-state index is 12.5. The molecule has 0 aromatic rings. The second-order valence-corrected chi connectivity index (χ2v) is 12.0. The molecule has 0 spiro atoms. The Morgan fingerprint density at radius 1 is 0.617 bits per heavy atom. The van der Waals surface area contributed by atoms with Gasteiger partial charge in [0.1, 0.15) is 12.6 Å². The highest BCUT2D eigenvalue weighted by Crippen LogP contribution is 2.09. The van der Waals surface area contributed by atoms with E-state index in [0.717, 1.165) is 44.9 Å². The van der Waals surface area contributed by atoms with Crippen LogP contribution in [0.4, 0.5) is 0 Å². The van der Waals surface area contributed by atoms with Gasteiger partial charge in [-0.05, 0) is 57.8 Å². The smallest absolute Gasteiger partial charge is 0.306 e. The maximum absolute atomic E-state index is 12.5. The predicted molar refractivity (Wildman–Crippen MR) is 189 cm³/mol. The lowest BCUT2D eigenvalue weighted by Crippen LogP contribution is -2.55. The molecule has 264 valence electrons. The van der Waals surface area contributed by atoms with Crippen LogP contribution in [0, 0.1) is 0 Å². The zero-order chi connectivity index (χ0) is 35.0. The topological polar surface area (TPSA) is 102 Å². The van der Waals surface area contributed by atoms with Gasteiger partial charge in [0.15, 0.2) is 6.10 Å². The van der Waals surface area contributed by atoms with Crippen LogP contribution in [-0.4, -0.2) is 75.5 Å². The molecule has 0 aliphatic heterocycles. The van der Waals surface area contributed by atoms with Crippen LogP contribution in [-0.2, 0) is 28.6 Å². The van der Waals surface area contributed by atoms with Crippen LogP contribution >= 0.6 is 0 Å².